The predicted octanol–water partition coefficient (Wildman–Crippen LogP) is 4.04. The van der Waals surface area contributed by atoms with Gasteiger partial charge < -0.3 is 10.1 Å². The number of hydrogen-bond donors (Lipinski definition) is 1. The molecule has 26 heavy (non-hydrogen) atoms. The van der Waals surface area contributed by atoms with E-state index in [1.807, 2.05) is 35.7 Å². The maximum Gasteiger partial charge on any atom is 0.344 e. The normalized spacial score (nSPS) is 11.6. The molecule has 1 aromatic heterocycles. The summed E-state index contributed by atoms with van der Waals surface area (Å²) in [6.07, 6.45) is 1.72. The fourth-order valence-corrected chi connectivity index (χ4v) is 3.25. The minimum atomic E-state index is -0.758. The van der Waals surface area contributed by atoms with E-state index in [1.54, 1.807) is 12.3 Å². The first-order valence-electron chi connectivity index (χ1n) is 7.67. The Labute approximate surface area is 153 Å². The lowest BCUT2D eigenvalue weighted by atomic mass is 10.1. The minimum Gasteiger partial charge on any atom is -0.465 e. The molecule has 3 rings (SSSR count). The number of nitrogens with one attached hydrogen (secondary N) is 1. The van der Waals surface area contributed by atoms with Crippen molar-refractivity contribution in [1.82, 2.24) is 4.98 Å². The van der Waals surface area contributed by atoms with E-state index in [1.165, 1.54) is 30.6 Å². The number of esters is 1. The first-order chi connectivity index (χ1) is 12.6. The molecule has 0 amide bonds. The molecule has 0 radical (unpaired) electrons. The van der Waals surface area contributed by atoms with Crippen molar-refractivity contribution >= 4 is 28.7 Å². The van der Waals surface area contributed by atoms with E-state index in [4.69, 9.17) is 0 Å². The maximum atomic E-state index is 11.9. The van der Waals surface area contributed by atoms with Gasteiger partial charge in [0.1, 0.15) is 16.6 Å². The summed E-state index contributed by atoms with van der Waals surface area (Å²) in [7, 11) is 1.19. The van der Waals surface area contributed by atoms with Gasteiger partial charge in [0.05, 0.1) is 12.0 Å². The summed E-state index contributed by atoms with van der Waals surface area (Å²) in [5.41, 5.74) is 1.14. The number of methoxy groups -OCH3 is 1. The number of nitro groups is 1. The van der Waals surface area contributed by atoms with Gasteiger partial charge in [0, 0.05) is 23.3 Å². The Hall–Kier alpha value is -3.26. The van der Waals surface area contributed by atoms with Crippen LogP contribution in [0.5, 0.6) is 0 Å². The SMILES string of the molecule is COC(=O)c1cc(NC(c2ccccc2)c2nccs2)ccc1[N+](=O)[O-]. The first kappa shape index (κ1) is 17.6. The average Bonchev–Trinajstić information content (AvgIpc) is 3.20. The van der Waals surface area contributed by atoms with Crippen LogP contribution in [0.15, 0.2) is 60.1 Å². The number of carbonyl (C=O) groups is 1. The zero-order valence-corrected chi connectivity index (χ0v) is 14.6. The van der Waals surface area contributed by atoms with Crippen molar-refractivity contribution in [2.75, 3.05) is 12.4 Å². The van der Waals surface area contributed by atoms with Crippen molar-refractivity contribution in [3.8, 4) is 0 Å². The molecule has 1 unspecified atom stereocenters. The Morgan fingerprint density at radius 3 is 2.65 bits per heavy atom. The summed E-state index contributed by atoms with van der Waals surface area (Å²) >= 11 is 1.49. The molecule has 132 valence electrons. The summed E-state index contributed by atoms with van der Waals surface area (Å²) < 4.78 is 4.66. The topological polar surface area (TPSA) is 94.4 Å². The zero-order valence-electron chi connectivity index (χ0n) is 13.8. The van der Waals surface area contributed by atoms with Gasteiger partial charge in [-0.3, -0.25) is 10.1 Å². The molecule has 0 aliphatic rings. The van der Waals surface area contributed by atoms with Gasteiger partial charge in [0.2, 0.25) is 0 Å². The molecular weight excluding hydrogens is 354 g/mol. The number of thiazole rings is 1. The van der Waals surface area contributed by atoms with Gasteiger partial charge >= 0.3 is 5.97 Å². The highest BCUT2D eigenvalue weighted by Gasteiger charge is 2.23. The number of nitrogens with zero attached hydrogens (tertiary/aromatic N) is 2. The Kier molecular flexibility index (Phi) is 5.23. The largest absolute Gasteiger partial charge is 0.465 e. The lowest BCUT2D eigenvalue weighted by Gasteiger charge is -2.18. The highest BCUT2D eigenvalue weighted by molar-refractivity contribution is 7.09. The van der Waals surface area contributed by atoms with E-state index in [9.17, 15) is 14.9 Å². The summed E-state index contributed by atoms with van der Waals surface area (Å²) in [4.78, 5) is 26.8. The Morgan fingerprint density at radius 2 is 2.04 bits per heavy atom. The van der Waals surface area contributed by atoms with Gasteiger partial charge in [-0.05, 0) is 17.7 Å². The second kappa shape index (κ2) is 7.75. The van der Waals surface area contributed by atoms with Crippen LogP contribution in [0.25, 0.3) is 0 Å². The van der Waals surface area contributed by atoms with Crippen LogP contribution in [0, 0.1) is 10.1 Å². The van der Waals surface area contributed by atoms with Gasteiger partial charge in [-0.25, -0.2) is 9.78 Å². The van der Waals surface area contributed by atoms with Crippen molar-refractivity contribution in [3.05, 3.63) is 86.4 Å². The zero-order chi connectivity index (χ0) is 18.5. The number of hydrogen-bond acceptors (Lipinski definition) is 7. The minimum absolute atomic E-state index is 0.103. The molecule has 2 aromatic carbocycles. The van der Waals surface area contributed by atoms with Crippen LogP contribution >= 0.6 is 11.3 Å². The highest BCUT2D eigenvalue weighted by atomic mass is 32.1. The van der Waals surface area contributed by atoms with Gasteiger partial charge in [0.15, 0.2) is 0 Å². The van der Waals surface area contributed by atoms with Crippen molar-refractivity contribution < 1.29 is 14.5 Å². The van der Waals surface area contributed by atoms with Gasteiger partial charge in [-0.15, -0.1) is 11.3 Å². The van der Waals surface area contributed by atoms with Gasteiger partial charge in [0.25, 0.3) is 5.69 Å². The Bertz CT molecular complexity index is 913. The lowest BCUT2D eigenvalue weighted by Crippen LogP contribution is -2.13. The van der Waals surface area contributed by atoms with Gasteiger partial charge in [-0.2, -0.15) is 0 Å². The smallest absolute Gasteiger partial charge is 0.344 e. The van der Waals surface area contributed by atoms with Crippen LogP contribution in [0.2, 0.25) is 0 Å². The fourth-order valence-electron chi connectivity index (χ4n) is 2.54. The van der Waals surface area contributed by atoms with Crippen LogP contribution in [0.4, 0.5) is 11.4 Å². The summed E-state index contributed by atoms with van der Waals surface area (Å²) in [5.74, 6) is -0.758. The number of benzene rings is 2. The number of aromatic nitrogens is 1. The molecule has 0 aliphatic carbocycles. The second-order valence-corrected chi connectivity index (χ2v) is 6.27. The third-order valence-corrected chi connectivity index (χ3v) is 4.58. The molecule has 7 nitrogen and oxygen atoms in total. The third kappa shape index (κ3) is 3.70. The predicted molar refractivity (Wildman–Crippen MR) is 98.5 cm³/mol. The summed E-state index contributed by atoms with van der Waals surface area (Å²) in [5, 5.41) is 17.2. The number of anilines is 1. The van der Waals surface area contributed by atoms with Crippen LogP contribution in [-0.2, 0) is 4.74 Å². The molecule has 1 N–H and O–H groups in total. The summed E-state index contributed by atoms with van der Waals surface area (Å²) in [6.45, 7) is 0. The van der Waals surface area contributed by atoms with Crippen molar-refractivity contribution in [1.29, 1.82) is 0 Å². The number of ether oxygens (including phenoxy) is 1. The van der Waals surface area contributed by atoms with E-state index in [-0.39, 0.29) is 17.3 Å². The van der Waals surface area contributed by atoms with Crippen LogP contribution < -0.4 is 5.32 Å². The lowest BCUT2D eigenvalue weighted by molar-refractivity contribution is -0.385. The highest BCUT2D eigenvalue weighted by Crippen LogP contribution is 2.30. The van der Waals surface area contributed by atoms with E-state index in [2.05, 4.69) is 15.0 Å². The molecule has 0 spiro atoms. The fraction of sp³-hybridized carbons (Fsp3) is 0.111. The quantitative estimate of drug-likeness (QED) is 0.400. The molecule has 8 heteroatoms. The van der Waals surface area contributed by atoms with Crippen LogP contribution in [0.1, 0.15) is 27.0 Å². The van der Waals surface area contributed by atoms with Crippen molar-refractivity contribution in [2.45, 2.75) is 6.04 Å². The molecule has 0 saturated heterocycles. The Balaban J connectivity index is 1.99. The summed E-state index contributed by atoms with van der Waals surface area (Å²) in [6, 6.07) is 13.7. The van der Waals surface area contributed by atoms with E-state index in [0.717, 1.165) is 10.6 Å². The monoisotopic (exact) mass is 369 g/mol. The van der Waals surface area contributed by atoms with Gasteiger partial charge in [-0.1, -0.05) is 30.3 Å². The molecule has 0 saturated carbocycles. The van der Waals surface area contributed by atoms with E-state index < -0.39 is 10.9 Å². The molecule has 3 aromatic rings. The number of nitro benzene ring substituents is 1. The van der Waals surface area contributed by atoms with Crippen molar-refractivity contribution in [2.24, 2.45) is 0 Å². The number of rotatable bonds is 6. The Morgan fingerprint density at radius 1 is 1.27 bits per heavy atom. The molecular formula is C18H15N3O4S. The molecule has 0 aliphatic heterocycles. The van der Waals surface area contributed by atoms with Crippen LogP contribution in [-0.4, -0.2) is 23.0 Å². The number of carbonyl (C=O) groups excluding carboxylic acids is 1. The maximum absolute atomic E-state index is 11.9. The third-order valence-electron chi connectivity index (χ3n) is 3.74. The van der Waals surface area contributed by atoms with Crippen molar-refractivity contribution in [3.63, 3.8) is 0 Å². The van der Waals surface area contributed by atoms with Crippen LogP contribution in [0.3, 0.4) is 0 Å². The average molecular weight is 369 g/mol. The molecule has 1 heterocycles. The standard InChI is InChI=1S/C18H15N3O4S/c1-25-18(22)14-11-13(7-8-15(14)21(23)24)20-16(17-19-9-10-26-17)12-5-3-2-4-6-12/h2-11,16,20H,1H3. The second-order valence-electron chi connectivity index (χ2n) is 5.34. The first-order valence-corrected chi connectivity index (χ1v) is 8.55. The van der Waals surface area contributed by atoms with E-state index in [0.29, 0.717) is 5.69 Å². The molecule has 0 bridgehead atoms. The molecule has 0 fully saturated rings. The molecule has 1 atom stereocenters. The van der Waals surface area contributed by atoms with E-state index >= 15 is 0 Å².